The number of nitrogens with zero attached hydrogens (tertiary/aromatic N) is 3. The number of carbonyl (C=O) groups is 1. The minimum atomic E-state index is -0.968. The molecule has 5 nitrogen and oxygen atoms in total. The lowest BCUT2D eigenvalue weighted by Gasteiger charge is -2.31. The van der Waals surface area contributed by atoms with E-state index in [1.807, 2.05) is 0 Å². The number of fused-ring (bicyclic) bond motifs is 1. The molecule has 0 fully saturated rings. The summed E-state index contributed by atoms with van der Waals surface area (Å²) in [4.78, 5) is 21.3. The Bertz CT molecular complexity index is 418. The molecule has 1 aliphatic rings. The minimum absolute atomic E-state index is 0.148. The first-order chi connectivity index (χ1) is 7.59. The normalized spacial score (nSPS) is 16.2. The maximum absolute atomic E-state index is 11.0. The zero-order chi connectivity index (χ0) is 11.7. The summed E-state index contributed by atoms with van der Waals surface area (Å²) >= 11 is 0. The zero-order valence-electron chi connectivity index (χ0n) is 9.47. The van der Waals surface area contributed by atoms with E-state index in [-0.39, 0.29) is 5.69 Å². The summed E-state index contributed by atoms with van der Waals surface area (Å²) in [5.41, 5.74) is 1.80. The molecule has 1 aromatic heterocycles. The topological polar surface area (TPSA) is 66.3 Å². The van der Waals surface area contributed by atoms with E-state index >= 15 is 0 Å². The number of carboxylic acids is 1. The Hall–Kier alpha value is -1.49. The van der Waals surface area contributed by atoms with E-state index in [0.717, 1.165) is 24.2 Å². The summed E-state index contributed by atoms with van der Waals surface area (Å²) in [6.45, 7) is 5.78. The van der Waals surface area contributed by atoms with Crippen LogP contribution in [0.5, 0.6) is 0 Å². The Kier molecular flexibility index (Phi) is 2.87. The first kappa shape index (κ1) is 11.0. The van der Waals surface area contributed by atoms with Gasteiger partial charge in [0.1, 0.15) is 6.33 Å². The van der Waals surface area contributed by atoms with Crippen LogP contribution in [0.1, 0.15) is 35.6 Å². The molecule has 0 bridgehead atoms. The largest absolute Gasteiger partial charge is 0.476 e. The molecule has 0 radical (unpaired) electrons. The Morgan fingerprint density at radius 1 is 1.50 bits per heavy atom. The first-order valence-corrected chi connectivity index (χ1v) is 5.39. The van der Waals surface area contributed by atoms with Crippen molar-refractivity contribution in [1.82, 2.24) is 14.9 Å². The van der Waals surface area contributed by atoms with Crippen LogP contribution in [0, 0.1) is 0 Å². The number of aromatic carboxylic acids is 1. The van der Waals surface area contributed by atoms with Crippen molar-refractivity contribution in [2.24, 2.45) is 0 Å². The van der Waals surface area contributed by atoms with Gasteiger partial charge in [-0.3, -0.25) is 4.90 Å². The molecule has 5 heteroatoms. The fourth-order valence-corrected chi connectivity index (χ4v) is 1.99. The predicted octanol–water partition coefficient (Wildman–Crippen LogP) is 0.941. The van der Waals surface area contributed by atoms with E-state index < -0.39 is 5.97 Å². The van der Waals surface area contributed by atoms with E-state index in [9.17, 15) is 4.79 Å². The monoisotopic (exact) mass is 221 g/mol. The molecule has 0 aliphatic carbocycles. The van der Waals surface area contributed by atoms with Gasteiger partial charge < -0.3 is 5.11 Å². The molecule has 1 N–H and O–H groups in total. The number of hydrogen-bond acceptors (Lipinski definition) is 4. The molecular formula is C11H15N3O2. The number of hydrogen-bond donors (Lipinski definition) is 1. The standard InChI is InChI=1S/C11H15N3O2/c1-7(2)14-4-3-9-8(5-14)10(11(15)16)13-6-12-9/h6-7H,3-5H2,1-2H3,(H,15,16). The third-order valence-electron chi connectivity index (χ3n) is 2.96. The molecule has 0 saturated heterocycles. The molecule has 0 unspecified atom stereocenters. The lowest BCUT2D eigenvalue weighted by atomic mass is 10.0. The van der Waals surface area contributed by atoms with Gasteiger partial charge in [-0.05, 0) is 13.8 Å². The van der Waals surface area contributed by atoms with Crippen LogP contribution in [0.4, 0.5) is 0 Å². The van der Waals surface area contributed by atoms with Crippen molar-refractivity contribution in [2.45, 2.75) is 32.9 Å². The maximum Gasteiger partial charge on any atom is 0.354 e. The summed E-state index contributed by atoms with van der Waals surface area (Å²) in [6.07, 6.45) is 2.14. The van der Waals surface area contributed by atoms with Crippen LogP contribution in [-0.2, 0) is 13.0 Å². The first-order valence-electron chi connectivity index (χ1n) is 5.39. The van der Waals surface area contributed by atoms with Crippen LogP contribution in [0.2, 0.25) is 0 Å². The van der Waals surface area contributed by atoms with E-state index in [1.54, 1.807) is 0 Å². The van der Waals surface area contributed by atoms with Crippen molar-refractivity contribution < 1.29 is 9.90 Å². The Labute approximate surface area is 94.1 Å². The molecular weight excluding hydrogens is 206 g/mol. The van der Waals surface area contributed by atoms with Crippen molar-refractivity contribution in [2.75, 3.05) is 6.54 Å². The number of carboxylic acid groups (broad SMARTS) is 1. The molecule has 1 aromatic rings. The maximum atomic E-state index is 11.0. The smallest absolute Gasteiger partial charge is 0.354 e. The summed E-state index contributed by atoms with van der Waals surface area (Å²) in [6, 6.07) is 0.412. The molecule has 0 amide bonds. The lowest BCUT2D eigenvalue weighted by molar-refractivity contribution is 0.0685. The second kappa shape index (κ2) is 4.17. The highest BCUT2D eigenvalue weighted by Gasteiger charge is 2.24. The van der Waals surface area contributed by atoms with Crippen LogP contribution in [-0.4, -0.2) is 38.5 Å². The highest BCUT2D eigenvalue weighted by molar-refractivity contribution is 5.87. The predicted molar refractivity (Wildman–Crippen MR) is 58.2 cm³/mol. The average molecular weight is 221 g/mol. The van der Waals surface area contributed by atoms with Crippen LogP contribution in [0.3, 0.4) is 0 Å². The number of rotatable bonds is 2. The molecule has 16 heavy (non-hydrogen) atoms. The van der Waals surface area contributed by atoms with Gasteiger partial charge >= 0.3 is 5.97 Å². The second-order valence-corrected chi connectivity index (χ2v) is 4.27. The van der Waals surface area contributed by atoms with Crippen molar-refractivity contribution in [3.8, 4) is 0 Å². The SMILES string of the molecule is CC(C)N1CCc2ncnc(C(=O)O)c2C1. The molecule has 2 rings (SSSR count). The average Bonchev–Trinajstić information content (AvgIpc) is 2.27. The third kappa shape index (κ3) is 1.90. The summed E-state index contributed by atoms with van der Waals surface area (Å²) in [5.74, 6) is -0.968. The highest BCUT2D eigenvalue weighted by atomic mass is 16.4. The van der Waals surface area contributed by atoms with Crippen molar-refractivity contribution in [3.05, 3.63) is 23.3 Å². The van der Waals surface area contributed by atoms with Gasteiger partial charge in [0.2, 0.25) is 0 Å². The lowest BCUT2D eigenvalue weighted by Crippen LogP contribution is -2.37. The van der Waals surface area contributed by atoms with E-state index in [0.29, 0.717) is 12.6 Å². The fraction of sp³-hybridized carbons (Fsp3) is 0.545. The van der Waals surface area contributed by atoms with E-state index in [1.165, 1.54) is 6.33 Å². The van der Waals surface area contributed by atoms with Crippen molar-refractivity contribution >= 4 is 5.97 Å². The Balaban J connectivity index is 2.38. The fourth-order valence-electron chi connectivity index (χ4n) is 1.99. The van der Waals surface area contributed by atoms with Gasteiger partial charge in [-0.1, -0.05) is 0 Å². The van der Waals surface area contributed by atoms with Gasteiger partial charge in [0.05, 0.1) is 5.69 Å². The second-order valence-electron chi connectivity index (χ2n) is 4.27. The van der Waals surface area contributed by atoms with Crippen LogP contribution in [0.25, 0.3) is 0 Å². The highest BCUT2D eigenvalue weighted by Crippen LogP contribution is 2.20. The minimum Gasteiger partial charge on any atom is -0.476 e. The molecule has 86 valence electrons. The molecule has 2 heterocycles. The van der Waals surface area contributed by atoms with Crippen LogP contribution in [0.15, 0.2) is 6.33 Å². The molecule has 1 aliphatic heterocycles. The summed E-state index contributed by atoms with van der Waals surface area (Å²) < 4.78 is 0. The summed E-state index contributed by atoms with van der Waals surface area (Å²) in [5, 5.41) is 9.06. The third-order valence-corrected chi connectivity index (χ3v) is 2.96. The van der Waals surface area contributed by atoms with Crippen LogP contribution < -0.4 is 0 Å². The van der Waals surface area contributed by atoms with Gasteiger partial charge in [-0.15, -0.1) is 0 Å². The van der Waals surface area contributed by atoms with Gasteiger partial charge in [0.15, 0.2) is 5.69 Å². The van der Waals surface area contributed by atoms with Crippen molar-refractivity contribution in [1.29, 1.82) is 0 Å². The van der Waals surface area contributed by atoms with Crippen molar-refractivity contribution in [3.63, 3.8) is 0 Å². The van der Waals surface area contributed by atoms with Crippen LogP contribution >= 0.6 is 0 Å². The quantitative estimate of drug-likeness (QED) is 0.805. The van der Waals surface area contributed by atoms with Gasteiger partial charge in [-0.2, -0.15) is 0 Å². The molecule has 0 atom stereocenters. The zero-order valence-corrected chi connectivity index (χ0v) is 9.47. The van der Waals surface area contributed by atoms with E-state index in [2.05, 4.69) is 28.7 Å². The van der Waals surface area contributed by atoms with Gasteiger partial charge in [-0.25, -0.2) is 14.8 Å². The van der Waals surface area contributed by atoms with E-state index in [4.69, 9.17) is 5.11 Å². The van der Waals surface area contributed by atoms with Gasteiger partial charge in [0, 0.05) is 31.1 Å². The summed E-state index contributed by atoms with van der Waals surface area (Å²) in [7, 11) is 0. The Morgan fingerprint density at radius 2 is 2.25 bits per heavy atom. The Morgan fingerprint density at radius 3 is 2.88 bits per heavy atom. The van der Waals surface area contributed by atoms with Gasteiger partial charge in [0.25, 0.3) is 0 Å². The molecule has 0 aromatic carbocycles. The molecule has 0 saturated carbocycles. The number of aromatic nitrogens is 2. The molecule has 0 spiro atoms.